The van der Waals surface area contributed by atoms with Gasteiger partial charge >= 0.3 is 6.03 Å². The number of aromatic nitrogens is 4. The van der Waals surface area contributed by atoms with Crippen LogP contribution < -0.4 is 10.2 Å². The molecule has 0 bridgehead atoms. The SMILES string of the molecule is CCNC(=O)N1CCN(c2nc(C3CCCCC3)nc3c2cnn3-c2ccccc2Cl)CC1. The number of hydrogen-bond acceptors (Lipinski definition) is 5. The third kappa shape index (κ3) is 4.36. The fourth-order valence-electron chi connectivity index (χ4n) is 4.88. The van der Waals surface area contributed by atoms with E-state index in [2.05, 4.69) is 15.3 Å². The van der Waals surface area contributed by atoms with E-state index >= 15 is 0 Å². The maximum Gasteiger partial charge on any atom is 0.317 e. The summed E-state index contributed by atoms with van der Waals surface area (Å²) in [4.78, 5) is 26.5. The predicted octanol–water partition coefficient (Wildman–Crippen LogP) is 4.37. The average Bonchev–Trinajstić information content (AvgIpc) is 3.28. The molecule has 0 spiro atoms. The number of piperazine rings is 1. The van der Waals surface area contributed by atoms with Crippen molar-refractivity contribution >= 4 is 34.5 Å². The first kappa shape index (κ1) is 21.9. The second-order valence-electron chi connectivity index (χ2n) is 8.79. The van der Waals surface area contributed by atoms with E-state index in [4.69, 9.17) is 21.6 Å². The van der Waals surface area contributed by atoms with Crippen LogP contribution in [0.1, 0.15) is 50.8 Å². The van der Waals surface area contributed by atoms with Crippen LogP contribution in [0, 0.1) is 0 Å². The number of nitrogens with one attached hydrogen (secondary N) is 1. The van der Waals surface area contributed by atoms with Crippen molar-refractivity contribution in [2.45, 2.75) is 44.9 Å². The Morgan fingerprint density at radius 3 is 2.58 bits per heavy atom. The Kier molecular flexibility index (Phi) is 6.35. The maximum atomic E-state index is 12.3. The van der Waals surface area contributed by atoms with Gasteiger partial charge in [-0.3, -0.25) is 0 Å². The lowest BCUT2D eigenvalue weighted by atomic mass is 9.88. The van der Waals surface area contributed by atoms with Crippen molar-refractivity contribution in [1.29, 1.82) is 0 Å². The first-order valence-corrected chi connectivity index (χ1v) is 12.3. The Bertz CT molecular complexity index is 1130. The van der Waals surface area contributed by atoms with Crippen LogP contribution in [-0.2, 0) is 0 Å². The van der Waals surface area contributed by atoms with E-state index in [9.17, 15) is 4.79 Å². The molecule has 3 heterocycles. The third-order valence-corrected chi connectivity index (χ3v) is 6.99. The summed E-state index contributed by atoms with van der Waals surface area (Å²) in [6.45, 7) is 5.35. The topological polar surface area (TPSA) is 79.2 Å². The average molecular weight is 468 g/mol. The number of amides is 2. The van der Waals surface area contributed by atoms with E-state index in [0.29, 0.717) is 30.6 Å². The highest BCUT2D eigenvalue weighted by atomic mass is 35.5. The standard InChI is InChI=1S/C24H30ClN7O/c1-2-26-24(33)31-14-12-30(13-15-31)22-18-16-27-32(20-11-7-6-10-19(20)25)23(18)29-21(28-22)17-8-4-3-5-9-17/h6-7,10-11,16-17H,2-5,8-9,12-15H2,1H3,(H,26,33). The van der Waals surface area contributed by atoms with Crippen LogP contribution in [0.5, 0.6) is 0 Å². The molecular formula is C24H30ClN7O. The molecule has 0 unspecified atom stereocenters. The van der Waals surface area contributed by atoms with Crippen molar-refractivity contribution in [3.05, 3.63) is 41.3 Å². The number of halogens is 1. The van der Waals surface area contributed by atoms with Crippen LogP contribution in [0.3, 0.4) is 0 Å². The zero-order chi connectivity index (χ0) is 22.8. The third-order valence-electron chi connectivity index (χ3n) is 6.67. The Morgan fingerprint density at radius 2 is 1.85 bits per heavy atom. The number of hydrogen-bond donors (Lipinski definition) is 1. The van der Waals surface area contributed by atoms with Gasteiger partial charge < -0.3 is 15.1 Å². The van der Waals surface area contributed by atoms with E-state index < -0.39 is 0 Å². The van der Waals surface area contributed by atoms with Gasteiger partial charge in [-0.15, -0.1) is 0 Å². The number of rotatable bonds is 4. The minimum Gasteiger partial charge on any atom is -0.352 e. The van der Waals surface area contributed by atoms with Gasteiger partial charge in [0.1, 0.15) is 11.6 Å². The monoisotopic (exact) mass is 467 g/mol. The van der Waals surface area contributed by atoms with Crippen LogP contribution >= 0.6 is 11.6 Å². The lowest BCUT2D eigenvalue weighted by molar-refractivity contribution is 0.195. The highest BCUT2D eigenvalue weighted by Crippen LogP contribution is 2.35. The highest BCUT2D eigenvalue weighted by molar-refractivity contribution is 6.32. The second kappa shape index (κ2) is 9.55. The first-order chi connectivity index (χ1) is 16.2. The largest absolute Gasteiger partial charge is 0.352 e. The maximum absolute atomic E-state index is 12.3. The molecule has 5 rings (SSSR count). The van der Waals surface area contributed by atoms with E-state index in [-0.39, 0.29) is 6.03 Å². The van der Waals surface area contributed by atoms with Crippen LogP contribution in [0.25, 0.3) is 16.7 Å². The van der Waals surface area contributed by atoms with Gasteiger partial charge in [-0.1, -0.05) is 43.0 Å². The summed E-state index contributed by atoms with van der Waals surface area (Å²) in [6, 6.07) is 7.70. The van der Waals surface area contributed by atoms with Crippen molar-refractivity contribution < 1.29 is 4.79 Å². The smallest absolute Gasteiger partial charge is 0.317 e. The van der Waals surface area contributed by atoms with Crippen molar-refractivity contribution in [1.82, 2.24) is 30.0 Å². The zero-order valence-corrected chi connectivity index (χ0v) is 19.8. The van der Waals surface area contributed by atoms with E-state index in [1.807, 2.05) is 47.0 Å². The Hall–Kier alpha value is -2.87. The fourth-order valence-corrected chi connectivity index (χ4v) is 5.09. The Labute approximate surface area is 198 Å². The molecule has 1 saturated heterocycles. The minimum absolute atomic E-state index is 0.000539. The molecule has 0 atom stereocenters. The van der Waals surface area contributed by atoms with Gasteiger partial charge in [0.05, 0.1) is 22.3 Å². The number of carbonyl (C=O) groups excluding carboxylic acids is 1. The van der Waals surface area contributed by atoms with Crippen LogP contribution in [-0.4, -0.2) is 63.4 Å². The summed E-state index contributed by atoms with van der Waals surface area (Å²) in [6.07, 6.45) is 7.80. The molecule has 2 aromatic heterocycles. The summed E-state index contributed by atoms with van der Waals surface area (Å²) >= 11 is 6.51. The molecule has 1 N–H and O–H groups in total. The molecule has 1 aromatic carbocycles. The van der Waals surface area contributed by atoms with Crippen LogP contribution in [0.2, 0.25) is 5.02 Å². The van der Waals surface area contributed by atoms with Gasteiger partial charge in [0.15, 0.2) is 5.65 Å². The summed E-state index contributed by atoms with van der Waals surface area (Å²) in [5, 5.41) is 9.11. The fraction of sp³-hybridized carbons (Fsp3) is 0.500. The number of anilines is 1. The number of nitrogens with zero attached hydrogens (tertiary/aromatic N) is 6. The van der Waals surface area contributed by atoms with Crippen LogP contribution in [0.4, 0.5) is 10.6 Å². The molecule has 1 saturated carbocycles. The molecule has 33 heavy (non-hydrogen) atoms. The summed E-state index contributed by atoms with van der Waals surface area (Å²) in [5.74, 6) is 2.18. The van der Waals surface area contributed by atoms with Gasteiger partial charge in [0.25, 0.3) is 0 Å². The normalized spacial score (nSPS) is 17.5. The van der Waals surface area contributed by atoms with Crippen molar-refractivity contribution in [3.63, 3.8) is 0 Å². The Morgan fingerprint density at radius 1 is 1.09 bits per heavy atom. The summed E-state index contributed by atoms with van der Waals surface area (Å²) < 4.78 is 1.83. The molecule has 2 fully saturated rings. The van der Waals surface area contributed by atoms with Gasteiger partial charge in [-0.05, 0) is 31.9 Å². The summed E-state index contributed by atoms with van der Waals surface area (Å²) in [7, 11) is 0. The van der Waals surface area contributed by atoms with Crippen molar-refractivity contribution in [2.24, 2.45) is 0 Å². The number of benzene rings is 1. The van der Waals surface area contributed by atoms with Crippen LogP contribution in [0.15, 0.2) is 30.5 Å². The number of urea groups is 1. The highest BCUT2D eigenvalue weighted by Gasteiger charge is 2.27. The molecule has 0 radical (unpaired) electrons. The quantitative estimate of drug-likeness (QED) is 0.616. The number of para-hydroxylation sites is 1. The molecule has 1 aliphatic heterocycles. The van der Waals surface area contributed by atoms with Crippen molar-refractivity contribution in [2.75, 3.05) is 37.6 Å². The predicted molar refractivity (Wildman–Crippen MR) is 130 cm³/mol. The van der Waals surface area contributed by atoms with Gasteiger partial charge in [0, 0.05) is 38.6 Å². The first-order valence-electron chi connectivity index (χ1n) is 11.9. The lowest BCUT2D eigenvalue weighted by Gasteiger charge is -2.35. The van der Waals surface area contributed by atoms with E-state index in [1.54, 1.807) is 0 Å². The number of carbonyl (C=O) groups is 1. The summed E-state index contributed by atoms with van der Waals surface area (Å²) in [5.41, 5.74) is 1.61. The second-order valence-corrected chi connectivity index (χ2v) is 9.20. The molecule has 9 heteroatoms. The van der Waals surface area contributed by atoms with Gasteiger partial charge in [-0.2, -0.15) is 5.10 Å². The number of fused-ring (bicyclic) bond motifs is 1. The zero-order valence-electron chi connectivity index (χ0n) is 19.0. The molecule has 2 amide bonds. The van der Waals surface area contributed by atoms with Gasteiger partial charge in [0.2, 0.25) is 0 Å². The molecule has 2 aliphatic rings. The van der Waals surface area contributed by atoms with Gasteiger partial charge in [-0.25, -0.2) is 19.4 Å². The molecular weight excluding hydrogens is 438 g/mol. The molecule has 174 valence electrons. The van der Waals surface area contributed by atoms with Crippen molar-refractivity contribution in [3.8, 4) is 5.69 Å². The minimum atomic E-state index is -0.000539. The molecule has 1 aliphatic carbocycles. The molecule has 8 nitrogen and oxygen atoms in total. The molecule has 3 aromatic rings. The van der Waals surface area contributed by atoms with E-state index in [1.165, 1.54) is 19.3 Å². The Balaban J connectivity index is 1.53. The van der Waals surface area contributed by atoms with E-state index in [0.717, 1.165) is 54.3 Å². The lowest BCUT2D eigenvalue weighted by Crippen LogP contribution is -2.52.